The van der Waals surface area contributed by atoms with Gasteiger partial charge in [-0.15, -0.1) is 0 Å². The fourth-order valence-electron chi connectivity index (χ4n) is 0.953. The maximum Gasteiger partial charge on any atom is 0.174 e. The van der Waals surface area contributed by atoms with E-state index in [-0.39, 0.29) is 0 Å². The number of hydrogen-bond acceptors (Lipinski definition) is 1. The topological polar surface area (TPSA) is 26.1 Å². The second kappa shape index (κ2) is 4.45. The van der Waals surface area contributed by atoms with Crippen LogP contribution in [0.15, 0.2) is 30.3 Å². The molecule has 0 bridgehead atoms. The predicted octanol–water partition coefficient (Wildman–Crippen LogP) is 2.22. The molecule has 2 heteroatoms. The molecule has 0 atom stereocenters. The lowest BCUT2D eigenvalue weighted by Crippen LogP contribution is -1.91. The molecule has 0 saturated heterocycles. The predicted molar refractivity (Wildman–Crippen MR) is 55.8 cm³/mol. The van der Waals surface area contributed by atoms with E-state index in [2.05, 4.69) is 0 Å². The Kier molecular flexibility index (Phi) is 3.26. The maximum absolute atomic E-state index is 10.5. The van der Waals surface area contributed by atoms with Gasteiger partial charge in [0, 0.05) is 6.08 Å². The largest absolute Gasteiger partial charge is 0.624 e. The zero-order chi connectivity index (χ0) is 9.68. The standard InChI is InChI=1S/C11H13NO/c1-10-5-7-11(8-6-10)4-3-9-12(2)13/h3-9H,1-2H3/b4-3+,12-9+. The Morgan fingerprint density at radius 2 is 1.85 bits per heavy atom. The van der Waals surface area contributed by atoms with Crippen LogP contribution in [0.5, 0.6) is 0 Å². The molecule has 1 rings (SSSR count). The van der Waals surface area contributed by atoms with Gasteiger partial charge in [-0.3, -0.25) is 0 Å². The molecule has 68 valence electrons. The lowest BCUT2D eigenvalue weighted by Gasteiger charge is -1.93. The summed E-state index contributed by atoms with van der Waals surface area (Å²) in [5.41, 5.74) is 2.34. The second-order valence-electron chi connectivity index (χ2n) is 2.97. The van der Waals surface area contributed by atoms with Gasteiger partial charge in [0.05, 0.1) is 0 Å². The van der Waals surface area contributed by atoms with Crippen molar-refractivity contribution >= 4 is 12.3 Å². The smallest absolute Gasteiger partial charge is 0.174 e. The molecule has 0 aliphatic rings. The van der Waals surface area contributed by atoms with Crippen molar-refractivity contribution in [2.75, 3.05) is 7.05 Å². The first-order valence-corrected chi connectivity index (χ1v) is 4.16. The molecule has 13 heavy (non-hydrogen) atoms. The summed E-state index contributed by atoms with van der Waals surface area (Å²) in [6, 6.07) is 8.12. The van der Waals surface area contributed by atoms with E-state index in [9.17, 15) is 5.21 Å². The highest BCUT2D eigenvalue weighted by Gasteiger charge is 1.85. The van der Waals surface area contributed by atoms with E-state index in [1.54, 1.807) is 6.08 Å². The molecule has 1 aromatic rings. The van der Waals surface area contributed by atoms with Gasteiger partial charge < -0.3 is 5.21 Å². The Hall–Kier alpha value is -1.57. The molecule has 2 nitrogen and oxygen atoms in total. The number of benzene rings is 1. The van der Waals surface area contributed by atoms with E-state index in [4.69, 9.17) is 0 Å². The van der Waals surface area contributed by atoms with Crippen LogP contribution in [-0.2, 0) is 0 Å². The Balaban J connectivity index is 2.70. The van der Waals surface area contributed by atoms with E-state index >= 15 is 0 Å². The molecule has 0 aliphatic carbocycles. The SMILES string of the molecule is Cc1ccc(/C=C/C=[N+](\C)[O-])cc1. The average molecular weight is 175 g/mol. The van der Waals surface area contributed by atoms with Crippen molar-refractivity contribution in [3.05, 3.63) is 46.7 Å². The van der Waals surface area contributed by atoms with Crippen LogP contribution >= 0.6 is 0 Å². The normalized spacial score (nSPS) is 12.3. The summed E-state index contributed by atoms with van der Waals surface area (Å²) in [4.78, 5) is 0. The summed E-state index contributed by atoms with van der Waals surface area (Å²) in [5, 5.41) is 10.5. The van der Waals surface area contributed by atoms with Crippen molar-refractivity contribution in [1.29, 1.82) is 0 Å². The molecule has 1 aromatic carbocycles. The fourth-order valence-corrected chi connectivity index (χ4v) is 0.953. The zero-order valence-corrected chi connectivity index (χ0v) is 7.90. The van der Waals surface area contributed by atoms with Gasteiger partial charge in [-0.05, 0) is 18.6 Å². The van der Waals surface area contributed by atoms with Gasteiger partial charge >= 0.3 is 0 Å². The van der Waals surface area contributed by atoms with Gasteiger partial charge in [-0.2, -0.15) is 0 Å². The van der Waals surface area contributed by atoms with Crippen molar-refractivity contribution in [2.45, 2.75) is 6.92 Å². The summed E-state index contributed by atoms with van der Waals surface area (Å²) in [6.45, 7) is 2.05. The highest BCUT2D eigenvalue weighted by Crippen LogP contribution is 2.03. The van der Waals surface area contributed by atoms with E-state index in [1.807, 2.05) is 37.3 Å². The average Bonchev–Trinajstić information content (AvgIpc) is 2.08. The molecule has 0 heterocycles. The van der Waals surface area contributed by atoms with Gasteiger partial charge in [0.2, 0.25) is 0 Å². The molecule has 0 saturated carbocycles. The minimum absolute atomic E-state index is 0.769. The van der Waals surface area contributed by atoms with E-state index in [0.717, 1.165) is 10.3 Å². The van der Waals surface area contributed by atoms with Gasteiger partial charge in [0.25, 0.3) is 0 Å². The quantitative estimate of drug-likeness (QED) is 0.293. The Morgan fingerprint density at radius 1 is 1.23 bits per heavy atom. The molecular formula is C11H13NO. The minimum atomic E-state index is 0.769. The third-order valence-corrected chi connectivity index (χ3v) is 1.66. The molecule has 0 amide bonds. The van der Waals surface area contributed by atoms with Gasteiger partial charge in [-0.1, -0.05) is 29.8 Å². The number of hydrogen-bond donors (Lipinski definition) is 0. The first-order chi connectivity index (χ1) is 6.18. The Labute approximate surface area is 78.4 Å². The van der Waals surface area contributed by atoms with Crippen LogP contribution < -0.4 is 0 Å². The van der Waals surface area contributed by atoms with Gasteiger partial charge in [0.15, 0.2) is 6.21 Å². The van der Waals surface area contributed by atoms with Crippen LogP contribution in [0.25, 0.3) is 6.08 Å². The van der Waals surface area contributed by atoms with Crippen LogP contribution in [0.3, 0.4) is 0 Å². The highest BCUT2D eigenvalue weighted by molar-refractivity contribution is 5.74. The van der Waals surface area contributed by atoms with E-state index in [1.165, 1.54) is 18.8 Å². The highest BCUT2D eigenvalue weighted by atomic mass is 16.5. The fraction of sp³-hybridized carbons (Fsp3) is 0.182. The van der Waals surface area contributed by atoms with Gasteiger partial charge in [-0.25, -0.2) is 4.74 Å². The van der Waals surface area contributed by atoms with Crippen molar-refractivity contribution in [1.82, 2.24) is 0 Å². The molecule has 0 fully saturated rings. The van der Waals surface area contributed by atoms with Crippen LogP contribution in [0, 0.1) is 12.1 Å². The molecule has 0 aromatic heterocycles. The zero-order valence-electron chi connectivity index (χ0n) is 7.90. The lowest BCUT2D eigenvalue weighted by molar-refractivity contribution is -0.416. The number of aryl methyl sites for hydroxylation is 1. The maximum atomic E-state index is 10.5. The third kappa shape index (κ3) is 3.56. The Bertz CT molecular complexity index is 318. The first kappa shape index (κ1) is 9.52. The minimum Gasteiger partial charge on any atom is -0.624 e. The van der Waals surface area contributed by atoms with E-state index < -0.39 is 0 Å². The summed E-state index contributed by atoms with van der Waals surface area (Å²) in [6.07, 6.45) is 5.10. The molecule has 0 radical (unpaired) electrons. The molecule has 0 aliphatic heterocycles. The lowest BCUT2D eigenvalue weighted by atomic mass is 10.1. The summed E-state index contributed by atoms with van der Waals surface area (Å²) in [7, 11) is 1.46. The van der Waals surface area contributed by atoms with Crippen molar-refractivity contribution in [3.63, 3.8) is 0 Å². The number of hydroxylamine groups is 1. The number of allylic oxidation sites excluding steroid dienone is 1. The molecular weight excluding hydrogens is 162 g/mol. The van der Waals surface area contributed by atoms with Crippen LogP contribution in [0.2, 0.25) is 0 Å². The summed E-state index contributed by atoms with van der Waals surface area (Å²) >= 11 is 0. The number of nitrogens with zero attached hydrogens (tertiary/aromatic N) is 1. The third-order valence-electron chi connectivity index (χ3n) is 1.66. The van der Waals surface area contributed by atoms with Crippen molar-refractivity contribution < 1.29 is 4.74 Å². The van der Waals surface area contributed by atoms with Crippen molar-refractivity contribution in [2.24, 2.45) is 0 Å². The van der Waals surface area contributed by atoms with Gasteiger partial charge in [0.1, 0.15) is 7.05 Å². The van der Waals surface area contributed by atoms with E-state index in [0.29, 0.717) is 0 Å². The molecule has 0 N–H and O–H groups in total. The summed E-state index contributed by atoms with van der Waals surface area (Å²) in [5.74, 6) is 0. The monoisotopic (exact) mass is 175 g/mol. The van der Waals surface area contributed by atoms with Crippen molar-refractivity contribution in [3.8, 4) is 0 Å². The second-order valence-corrected chi connectivity index (χ2v) is 2.97. The molecule has 0 unspecified atom stereocenters. The van der Waals surface area contributed by atoms with Crippen LogP contribution in [-0.4, -0.2) is 18.0 Å². The summed E-state index contributed by atoms with van der Waals surface area (Å²) < 4.78 is 0.769. The van der Waals surface area contributed by atoms with Crippen LogP contribution in [0.4, 0.5) is 0 Å². The number of rotatable bonds is 2. The first-order valence-electron chi connectivity index (χ1n) is 4.16. The Morgan fingerprint density at radius 3 is 2.38 bits per heavy atom. The molecule has 0 spiro atoms. The van der Waals surface area contributed by atoms with Crippen LogP contribution in [0.1, 0.15) is 11.1 Å².